The largest absolute Gasteiger partial charge is 0.269 e. The summed E-state index contributed by atoms with van der Waals surface area (Å²) in [5, 5.41) is 20.7. The van der Waals surface area contributed by atoms with E-state index in [1.165, 1.54) is 31.2 Å². The van der Waals surface area contributed by atoms with Gasteiger partial charge in [-0.25, -0.2) is 0 Å². The molecule has 6 nitrogen and oxygen atoms in total. The second-order valence-electron chi connectivity index (χ2n) is 4.18. The lowest BCUT2D eigenvalue weighted by atomic mass is 9.90. The summed E-state index contributed by atoms with van der Waals surface area (Å²) >= 11 is 6.13. The lowest BCUT2D eigenvalue weighted by molar-refractivity contribution is -0.566. The van der Waals surface area contributed by atoms with Crippen LogP contribution in [0.2, 0.25) is 0 Å². The summed E-state index contributed by atoms with van der Waals surface area (Å²) in [4.78, 5) is 20.6. The Hall–Kier alpha value is -1.69. The molecule has 0 heterocycles. The summed E-state index contributed by atoms with van der Waals surface area (Å²) < 4.78 is 0. The number of rotatable bonds is 5. The molecule has 0 amide bonds. The van der Waals surface area contributed by atoms with E-state index in [9.17, 15) is 20.2 Å². The Morgan fingerprint density at radius 1 is 1.28 bits per heavy atom. The third-order valence-electron chi connectivity index (χ3n) is 3.08. The third kappa shape index (κ3) is 2.59. The fourth-order valence-electron chi connectivity index (χ4n) is 1.52. The van der Waals surface area contributed by atoms with E-state index in [1.807, 2.05) is 0 Å². The average molecular weight is 273 g/mol. The van der Waals surface area contributed by atoms with Gasteiger partial charge in [0.25, 0.3) is 5.69 Å². The standard InChI is InChI=1S/C11H13ClN2O4/c1-3-11(2,14(17)18)10(12)8-4-6-9(7-5-8)13(15)16/h4-7,10H,3H2,1-2H3. The highest BCUT2D eigenvalue weighted by Crippen LogP contribution is 2.37. The van der Waals surface area contributed by atoms with Crippen LogP contribution in [-0.4, -0.2) is 15.4 Å². The van der Waals surface area contributed by atoms with Crippen molar-refractivity contribution in [2.75, 3.05) is 0 Å². The van der Waals surface area contributed by atoms with E-state index in [2.05, 4.69) is 0 Å². The molecule has 2 atom stereocenters. The molecule has 18 heavy (non-hydrogen) atoms. The Labute approximate surface area is 109 Å². The zero-order valence-corrected chi connectivity index (χ0v) is 10.8. The number of halogens is 1. The van der Waals surface area contributed by atoms with Crippen LogP contribution in [-0.2, 0) is 0 Å². The van der Waals surface area contributed by atoms with Crippen LogP contribution in [0, 0.1) is 20.2 Å². The van der Waals surface area contributed by atoms with Gasteiger partial charge in [-0.3, -0.25) is 20.2 Å². The van der Waals surface area contributed by atoms with Gasteiger partial charge in [0.2, 0.25) is 5.54 Å². The molecule has 0 radical (unpaired) electrons. The summed E-state index contributed by atoms with van der Waals surface area (Å²) in [6, 6.07) is 5.49. The second kappa shape index (κ2) is 5.30. The Morgan fingerprint density at radius 2 is 1.78 bits per heavy atom. The smallest absolute Gasteiger partial charge is 0.264 e. The lowest BCUT2D eigenvalue weighted by Crippen LogP contribution is -2.38. The Morgan fingerprint density at radius 3 is 2.11 bits per heavy atom. The van der Waals surface area contributed by atoms with Crippen molar-refractivity contribution in [3.63, 3.8) is 0 Å². The van der Waals surface area contributed by atoms with Gasteiger partial charge in [-0.2, -0.15) is 0 Å². The molecule has 0 aliphatic heterocycles. The minimum absolute atomic E-state index is 0.0677. The van der Waals surface area contributed by atoms with E-state index >= 15 is 0 Å². The van der Waals surface area contributed by atoms with Gasteiger partial charge >= 0.3 is 0 Å². The maximum atomic E-state index is 11.1. The van der Waals surface area contributed by atoms with Gasteiger partial charge in [0.05, 0.1) is 4.92 Å². The van der Waals surface area contributed by atoms with Crippen LogP contribution in [0.15, 0.2) is 24.3 Å². The number of alkyl halides is 1. The van der Waals surface area contributed by atoms with Crippen molar-refractivity contribution in [3.8, 4) is 0 Å². The third-order valence-corrected chi connectivity index (χ3v) is 3.80. The molecule has 0 saturated carbocycles. The Balaban J connectivity index is 3.06. The lowest BCUT2D eigenvalue weighted by Gasteiger charge is -2.24. The van der Waals surface area contributed by atoms with Gasteiger partial charge in [-0.1, -0.05) is 19.1 Å². The van der Waals surface area contributed by atoms with Crippen LogP contribution in [0.4, 0.5) is 5.69 Å². The van der Waals surface area contributed by atoms with E-state index < -0.39 is 20.8 Å². The number of nitro groups is 2. The summed E-state index contributed by atoms with van der Waals surface area (Å²) in [5.74, 6) is 0. The summed E-state index contributed by atoms with van der Waals surface area (Å²) in [6.07, 6.45) is 0.269. The van der Waals surface area contributed by atoms with E-state index in [0.29, 0.717) is 5.56 Å². The zero-order valence-electron chi connectivity index (χ0n) is 10.00. The SMILES string of the molecule is CCC(C)(C(Cl)c1ccc([N+](=O)[O-])cc1)[N+](=O)[O-]. The van der Waals surface area contributed by atoms with Crippen molar-refractivity contribution in [1.82, 2.24) is 0 Å². The molecule has 0 aliphatic carbocycles. The second-order valence-corrected chi connectivity index (χ2v) is 4.62. The predicted octanol–water partition coefficient (Wildman–Crippen LogP) is 3.32. The maximum absolute atomic E-state index is 11.1. The Bertz CT molecular complexity index is 463. The molecule has 0 bridgehead atoms. The van der Waals surface area contributed by atoms with E-state index in [0.717, 1.165) is 0 Å². The molecule has 0 N–H and O–H groups in total. The fourth-order valence-corrected chi connectivity index (χ4v) is 1.90. The minimum atomic E-state index is -1.29. The highest BCUT2D eigenvalue weighted by atomic mass is 35.5. The number of nitrogens with zero attached hydrogens (tertiary/aromatic N) is 2. The quantitative estimate of drug-likeness (QED) is 0.467. The molecule has 1 aromatic rings. The first kappa shape index (κ1) is 14.4. The first-order chi connectivity index (χ1) is 8.32. The fraction of sp³-hybridized carbons (Fsp3) is 0.455. The van der Waals surface area contributed by atoms with Crippen LogP contribution in [0.5, 0.6) is 0 Å². The molecular formula is C11H13ClN2O4. The maximum Gasteiger partial charge on any atom is 0.269 e. The molecule has 0 aromatic heterocycles. The topological polar surface area (TPSA) is 86.3 Å². The van der Waals surface area contributed by atoms with Gasteiger partial charge in [-0.15, -0.1) is 11.6 Å². The van der Waals surface area contributed by atoms with Crippen molar-refractivity contribution in [2.24, 2.45) is 0 Å². The van der Waals surface area contributed by atoms with E-state index in [4.69, 9.17) is 11.6 Å². The van der Waals surface area contributed by atoms with Crippen LogP contribution < -0.4 is 0 Å². The zero-order chi connectivity index (χ0) is 13.9. The van der Waals surface area contributed by atoms with E-state index in [1.54, 1.807) is 6.92 Å². The molecule has 1 aromatic carbocycles. The number of benzene rings is 1. The van der Waals surface area contributed by atoms with Gasteiger partial charge < -0.3 is 0 Å². The highest BCUT2D eigenvalue weighted by molar-refractivity contribution is 6.21. The number of hydrogen-bond acceptors (Lipinski definition) is 4. The van der Waals surface area contributed by atoms with Gasteiger partial charge in [0.15, 0.2) is 0 Å². The average Bonchev–Trinajstić information content (AvgIpc) is 2.36. The van der Waals surface area contributed by atoms with Crippen molar-refractivity contribution < 1.29 is 9.85 Å². The molecule has 0 saturated heterocycles. The van der Waals surface area contributed by atoms with Crippen LogP contribution in [0.1, 0.15) is 31.2 Å². The van der Waals surface area contributed by atoms with Crippen molar-refractivity contribution in [3.05, 3.63) is 50.1 Å². The predicted molar refractivity (Wildman–Crippen MR) is 67.4 cm³/mol. The molecule has 1 rings (SSSR count). The number of nitro benzene ring substituents is 1. The molecule has 0 aliphatic rings. The number of hydrogen-bond donors (Lipinski definition) is 0. The van der Waals surface area contributed by atoms with Crippen LogP contribution in [0.25, 0.3) is 0 Å². The normalized spacial score (nSPS) is 15.7. The van der Waals surface area contributed by atoms with Crippen molar-refractivity contribution in [1.29, 1.82) is 0 Å². The molecule has 98 valence electrons. The van der Waals surface area contributed by atoms with E-state index in [-0.39, 0.29) is 12.1 Å². The number of non-ortho nitro benzene ring substituents is 1. The van der Waals surface area contributed by atoms with Gasteiger partial charge in [-0.05, 0) is 5.56 Å². The Kier molecular flexibility index (Phi) is 4.24. The molecule has 2 unspecified atom stereocenters. The summed E-state index contributed by atoms with van der Waals surface area (Å²) in [6.45, 7) is 3.15. The molecule has 0 spiro atoms. The monoisotopic (exact) mass is 272 g/mol. The first-order valence-electron chi connectivity index (χ1n) is 5.36. The van der Waals surface area contributed by atoms with Crippen molar-refractivity contribution in [2.45, 2.75) is 31.2 Å². The molecular weight excluding hydrogens is 260 g/mol. The van der Waals surface area contributed by atoms with Gasteiger partial charge in [0, 0.05) is 30.4 Å². The van der Waals surface area contributed by atoms with Crippen LogP contribution in [0.3, 0.4) is 0 Å². The summed E-state index contributed by atoms with van der Waals surface area (Å²) in [7, 11) is 0. The van der Waals surface area contributed by atoms with Crippen molar-refractivity contribution >= 4 is 17.3 Å². The molecule has 0 fully saturated rings. The van der Waals surface area contributed by atoms with Gasteiger partial charge in [0.1, 0.15) is 5.38 Å². The first-order valence-corrected chi connectivity index (χ1v) is 5.79. The molecule has 7 heteroatoms. The minimum Gasteiger partial charge on any atom is -0.264 e. The van der Waals surface area contributed by atoms with Crippen LogP contribution >= 0.6 is 11.6 Å². The highest BCUT2D eigenvalue weighted by Gasteiger charge is 2.44. The summed E-state index contributed by atoms with van der Waals surface area (Å²) in [5.41, 5.74) is -0.859.